The van der Waals surface area contributed by atoms with Gasteiger partial charge in [-0.25, -0.2) is 12.8 Å². The lowest BCUT2D eigenvalue weighted by atomic mass is 9.76. The zero-order valence-corrected chi connectivity index (χ0v) is 20.5. The first-order valence-electron chi connectivity index (χ1n) is 11.3. The second-order valence-corrected chi connectivity index (χ2v) is 12.4. The van der Waals surface area contributed by atoms with Crippen LogP contribution in [-0.4, -0.2) is 30.3 Å². The molecule has 2 fully saturated rings. The van der Waals surface area contributed by atoms with E-state index in [9.17, 15) is 22.7 Å². The predicted molar refractivity (Wildman–Crippen MR) is 127 cm³/mol. The van der Waals surface area contributed by atoms with Gasteiger partial charge in [-0.1, -0.05) is 25.4 Å². The number of hydrogen-bond donors (Lipinski definition) is 2. The van der Waals surface area contributed by atoms with Crippen LogP contribution in [0.2, 0.25) is 5.02 Å². The average molecular weight is 494 g/mol. The van der Waals surface area contributed by atoms with Crippen molar-refractivity contribution in [3.05, 3.63) is 58.4 Å². The van der Waals surface area contributed by atoms with Crippen molar-refractivity contribution < 1.29 is 22.7 Å². The van der Waals surface area contributed by atoms with Gasteiger partial charge in [-0.15, -0.1) is 0 Å². The van der Waals surface area contributed by atoms with Crippen molar-refractivity contribution in [2.24, 2.45) is 11.8 Å². The molecule has 0 spiro atoms. The Labute approximate surface area is 199 Å². The van der Waals surface area contributed by atoms with Gasteiger partial charge in [-0.3, -0.25) is 4.79 Å². The van der Waals surface area contributed by atoms with Gasteiger partial charge in [-0.2, -0.15) is 0 Å². The summed E-state index contributed by atoms with van der Waals surface area (Å²) in [5, 5.41) is 12.9. The molecule has 2 aliphatic rings. The fourth-order valence-electron chi connectivity index (χ4n) is 5.33. The first-order valence-corrected chi connectivity index (χ1v) is 13.2. The van der Waals surface area contributed by atoms with E-state index < -0.39 is 26.6 Å². The Hall–Kier alpha value is -1.96. The standard InChI is InChI=1S/C25H29ClFNO4S/c1-14(2)20-13-18(7-9-22(20)27)28-24(29)15-4-8-21(26)23(10-15)33(31,32)19-11-16-5-6-17(12-19)25(16,3)30/h4,7-10,13-14,16-17,19,30H,5-6,11-12H2,1-3H3,(H,28,29)/t16-,17?,19?,25?/m0/s1. The minimum atomic E-state index is -3.79. The lowest BCUT2D eigenvalue weighted by molar-refractivity contribution is -0.0413. The summed E-state index contributed by atoms with van der Waals surface area (Å²) in [6, 6.07) is 8.55. The van der Waals surface area contributed by atoms with Gasteiger partial charge in [-0.05, 0) is 92.3 Å². The smallest absolute Gasteiger partial charge is 0.255 e. The Kier molecular flexibility index (Phi) is 6.35. The van der Waals surface area contributed by atoms with E-state index in [-0.39, 0.29) is 39.1 Å². The molecular formula is C25H29ClFNO4S. The number of hydrogen-bond acceptors (Lipinski definition) is 4. The Bertz CT molecular complexity index is 1180. The van der Waals surface area contributed by atoms with Gasteiger partial charge in [0.1, 0.15) is 5.82 Å². The van der Waals surface area contributed by atoms with Crippen molar-refractivity contribution in [3.63, 3.8) is 0 Å². The average Bonchev–Trinajstić information content (AvgIpc) is 2.92. The van der Waals surface area contributed by atoms with Crippen LogP contribution in [0, 0.1) is 17.7 Å². The van der Waals surface area contributed by atoms with Crippen molar-refractivity contribution in [2.75, 3.05) is 5.32 Å². The summed E-state index contributed by atoms with van der Waals surface area (Å²) >= 11 is 6.28. The zero-order chi connectivity index (χ0) is 24.1. The van der Waals surface area contributed by atoms with E-state index in [2.05, 4.69) is 5.32 Å². The summed E-state index contributed by atoms with van der Waals surface area (Å²) in [5.41, 5.74) is 0.228. The van der Waals surface area contributed by atoms with Crippen molar-refractivity contribution in [1.29, 1.82) is 0 Å². The monoisotopic (exact) mass is 493 g/mol. The summed E-state index contributed by atoms with van der Waals surface area (Å²) in [6.07, 6.45) is 2.39. The quantitative estimate of drug-likeness (QED) is 0.570. The second-order valence-electron chi connectivity index (χ2n) is 9.83. The molecule has 4 atom stereocenters. The number of carbonyl (C=O) groups excluding carboxylic acids is 1. The van der Waals surface area contributed by atoms with E-state index in [0.717, 1.165) is 12.8 Å². The SMILES string of the molecule is CC(C)c1cc(NC(=O)c2ccc(Cl)c(S(=O)(=O)C3CC4CC[C@@H](C3)C4(C)O)c2)ccc1F. The van der Waals surface area contributed by atoms with Crippen molar-refractivity contribution in [3.8, 4) is 0 Å². The van der Waals surface area contributed by atoms with Crippen LogP contribution < -0.4 is 5.32 Å². The van der Waals surface area contributed by atoms with Crippen LogP contribution in [0.5, 0.6) is 0 Å². The highest BCUT2D eigenvalue weighted by Gasteiger charge is 2.53. The molecule has 0 aliphatic heterocycles. The fraction of sp³-hybridized carbons (Fsp3) is 0.480. The molecule has 0 aromatic heterocycles. The molecule has 0 heterocycles. The van der Waals surface area contributed by atoms with Crippen LogP contribution in [0.4, 0.5) is 10.1 Å². The Morgan fingerprint density at radius 1 is 1.15 bits per heavy atom. The van der Waals surface area contributed by atoms with Gasteiger partial charge >= 0.3 is 0 Å². The van der Waals surface area contributed by atoms with Crippen molar-refractivity contribution in [1.82, 2.24) is 0 Å². The molecule has 2 N–H and O–H groups in total. The maximum absolute atomic E-state index is 14.0. The van der Waals surface area contributed by atoms with E-state index in [1.165, 1.54) is 30.3 Å². The highest BCUT2D eigenvalue weighted by atomic mass is 35.5. The molecule has 2 aromatic carbocycles. The third kappa shape index (κ3) is 4.43. The number of carbonyl (C=O) groups is 1. The maximum Gasteiger partial charge on any atom is 0.255 e. The van der Waals surface area contributed by atoms with Crippen LogP contribution in [0.1, 0.15) is 68.3 Å². The molecule has 2 aliphatic carbocycles. The normalized spacial score (nSPS) is 27.1. The third-order valence-corrected chi connectivity index (χ3v) is 10.1. The number of benzene rings is 2. The van der Waals surface area contributed by atoms with Crippen LogP contribution in [0.3, 0.4) is 0 Å². The fourth-order valence-corrected chi connectivity index (χ4v) is 7.73. The molecule has 4 rings (SSSR count). The number of amides is 1. The molecule has 3 unspecified atom stereocenters. The molecule has 2 aromatic rings. The number of sulfone groups is 1. The largest absolute Gasteiger partial charge is 0.390 e. The molecule has 0 radical (unpaired) electrons. The van der Waals surface area contributed by atoms with Crippen molar-refractivity contribution in [2.45, 2.75) is 68.1 Å². The number of halogens is 2. The Balaban J connectivity index is 1.59. The van der Waals surface area contributed by atoms with Gasteiger partial charge < -0.3 is 10.4 Å². The molecule has 2 saturated carbocycles. The van der Waals surface area contributed by atoms with Gasteiger partial charge in [0.25, 0.3) is 5.91 Å². The molecule has 8 heteroatoms. The molecule has 178 valence electrons. The van der Waals surface area contributed by atoms with Gasteiger partial charge in [0, 0.05) is 11.3 Å². The van der Waals surface area contributed by atoms with Crippen molar-refractivity contribution >= 4 is 33.0 Å². The van der Waals surface area contributed by atoms with Crippen LogP contribution in [0.25, 0.3) is 0 Å². The predicted octanol–water partition coefficient (Wildman–Crippen LogP) is 5.57. The van der Waals surface area contributed by atoms with Crippen LogP contribution >= 0.6 is 11.6 Å². The number of aliphatic hydroxyl groups is 1. The number of rotatable bonds is 5. The molecular weight excluding hydrogens is 465 g/mol. The number of fused-ring (bicyclic) bond motifs is 2. The molecule has 5 nitrogen and oxygen atoms in total. The minimum Gasteiger partial charge on any atom is -0.390 e. The van der Waals surface area contributed by atoms with Gasteiger partial charge in [0.05, 0.1) is 20.8 Å². The third-order valence-electron chi connectivity index (χ3n) is 7.43. The first kappa shape index (κ1) is 24.2. The number of anilines is 1. The summed E-state index contributed by atoms with van der Waals surface area (Å²) in [7, 11) is -3.79. The Morgan fingerprint density at radius 2 is 1.79 bits per heavy atom. The van der Waals surface area contributed by atoms with Gasteiger partial charge in [0.2, 0.25) is 0 Å². The van der Waals surface area contributed by atoms with Gasteiger partial charge in [0.15, 0.2) is 9.84 Å². The van der Waals surface area contributed by atoms with E-state index >= 15 is 0 Å². The first-order chi connectivity index (χ1) is 15.4. The van der Waals surface area contributed by atoms with E-state index in [1.807, 2.05) is 13.8 Å². The lowest BCUT2D eigenvalue weighted by Gasteiger charge is -2.40. The molecule has 0 saturated heterocycles. The summed E-state index contributed by atoms with van der Waals surface area (Å²) < 4.78 is 41.0. The molecule has 33 heavy (non-hydrogen) atoms. The molecule has 2 bridgehead atoms. The zero-order valence-electron chi connectivity index (χ0n) is 18.9. The summed E-state index contributed by atoms with van der Waals surface area (Å²) in [5.74, 6) is -1.02. The molecule has 1 amide bonds. The van der Waals surface area contributed by atoms with Crippen LogP contribution in [-0.2, 0) is 9.84 Å². The Morgan fingerprint density at radius 3 is 2.39 bits per heavy atom. The second kappa shape index (κ2) is 8.67. The topological polar surface area (TPSA) is 83.5 Å². The maximum atomic E-state index is 14.0. The van der Waals surface area contributed by atoms with E-state index in [4.69, 9.17) is 11.6 Å². The van der Waals surface area contributed by atoms with E-state index in [0.29, 0.717) is 24.1 Å². The summed E-state index contributed by atoms with van der Waals surface area (Å²) in [4.78, 5) is 12.8. The summed E-state index contributed by atoms with van der Waals surface area (Å²) in [6.45, 7) is 5.52. The van der Waals surface area contributed by atoms with E-state index in [1.54, 1.807) is 13.0 Å². The van der Waals surface area contributed by atoms with Crippen LogP contribution in [0.15, 0.2) is 41.3 Å². The highest BCUT2D eigenvalue weighted by molar-refractivity contribution is 7.92. The minimum absolute atomic E-state index is 0.0549. The highest BCUT2D eigenvalue weighted by Crippen LogP contribution is 2.51. The lowest BCUT2D eigenvalue weighted by Crippen LogP contribution is -2.45. The number of nitrogens with one attached hydrogen (secondary N) is 1.